The van der Waals surface area contributed by atoms with Crippen LogP contribution in [0.3, 0.4) is 0 Å². The molecule has 0 saturated carbocycles. The molecule has 0 aromatic heterocycles. The lowest BCUT2D eigenvalue weighted by Gasteiger charge is -2.14. The van der Waals surface area contributed by atoms with Crippen LogP contribution in [0.4, 0.5) is 11.4 Å². The molecule has 0 saturated heterocycles. The number of nitrogens with zero attached hydrogens (tertiary/aromatic N) is 1. The Labute approximate surface area is 103 Å². The van der Waals surface area contributed by atoms with E-state index in [0.29, 0.717) is 17.2 Å². The number of nitrogens with one attached hydrogen (secondary N) is 1. The zero-order valence-corrected chi connectivity index (χ0v) is 10.9. The van der Waals surface area contributed by atoms with Crippen molar-refractivity contribution in [1.82, 2.24) is 4.90 Å². The first-order valence-electron chi connectivity index (χ1n) is 5.77. The van der Waals surface area contributed by atoms with Crippen LogP contribution >= 0.6 is 0 Å². The van der Waals surface area contributed by atoms with Gasteiger partial charge in [0.1, 0.15) is 0 Å². The lowest BCUT2D eigenvalue weighted by atomic mass is 10.1. The van der Waals surface area contributed by atoms with Crippen molar-refractivity contribution in [2.75, 3.05) is 31.7 Å². The molecule has 1 aromatic rings. The van der Waals surface area contributed by atoms with Crippen molar-refractivity contribution in [3.05, 3.63) is 23.8 Å². The van der Waals surface area contributed by atoms with Crippen LogP contribution in [-0.4, -0.2) is 31.4 Å². The summed E-state index contributed by atoms with van der Waals surface area (Å²) in [5.41, 5.74) is 8.02. The standard InChI is InChI=1S/C13H21N3O/c1-9(2)8-15-12-6-5-10(7-11(12)14)13(17)16(3)4/h5-7,9,15H,8,14H2,1-4H3. The van der Waals surface area contributed by atoms with Gasteiger partial charge in [0.2, 0.25) is 0 Å². The fourth-order valence-corrected chi connectivity index (χ4v) is 1.43. The largest absolute Gasteiger partial charge is 0.397 e. The summed E-state index contributed by atoms with van der Waals surface area (Å²) in [5, 5.41) is 3.26. The SMILES string of the molecule is CC(C)CNc1ccc(C(=O)N(C)C)cc1N. The van der Waals surface area contributed by atoms with Crippen LogP contribution in [0.2, 0.25) is 0 Å². The maximum absolute atomic E-state index is 11.7. The van der Waals surface area contributed by atoms with E-state index >= 15 is 0 Å². The van der Waals surface area contributed by atoms with Crippen LogP contribution in [0, 0.1) is 5.92 Å². The molecule has 3 N–H and O–H groups in total. The Morgan fingerprint density at radius 3 is 2.53 bits per heavy atom. The van der Waals surface area contributed by atoms with Crippen LogP contribution < -0.4 is 11.1 Å². The van der Waals surface area contributed by atoms with E-state index in [1.807, 2.05) is 6.07 Å². The first-order chi connectivity index (χ1) is 7.91. The third kappa shape index (κ3) is 3.66. The molecule has 1 aromatic carbocycles. The molecule has 0 spiro atoms. The Morgan fingerprint density at radius 2 is 2.06 bits per heavy atom. The predicted octanol–water partition coefficient (Wildman–Crippen LogP) is 2.04. The lowest BCUT2D eigenvalue weighted by Crippen LogP contribution is -2.21. The summed E-state index contributed by atoms with van der Waals surface area (Å²) in [7, 11) is 3.45. The van der Waals surface area contributed by atoms with Gasteiger partial charge < -0.3 is 16.0 Å². The van der Waals surface area contributed by atoms with E-state index < -0.39 is 0 Å². The molecule has 0 aliphatic heterocycles. The Balaban J connectivity index is 2.83. The Bertz CT molecular complexity index is 400. The highest BCUT2D eigenvalue weighted by Gasteiger charge is 2.09. The molecule has 94 valence electrons. The van der Waals surface area contributed by atoms with Crippen LogP contribution in [0.25, 0.3) is 0 Å². The van der Waals surface area contributed by atoms with Crippen molar-refractivity contribution < 1.29 is 4.79 Å². The molecule has 4 heteroatoms. The van der Waals surface area contributed by atoms with E-state index in [4.69, 9.17) is 5.73 Å². The van der Waals surface area contributed by atoms with Crippen molar-refractivity contribution in [3.8, 4) is 0 Å². The van der Waals surface area contributed by atoms with Gasteiger partial charge in [0.25, 0.3) is 5.91 Å². The molecule has 4 nitrogen and oxygen atoms in total. The number of rotatable bonds is 4. The highest BCUT2D eigenvalue weighted by atomic mass is 16.2. The normalized spacial score (nSPS) is 10.4. The first kappa shape index (κ1) is 13.4. The molecular weight excluding hydrogens is 214 g/mol. The highest BCUT2D eigenvalue weighted by Crippen LogP contribution is 2.20. The summed E-state index contributed by atoms with van der Waals surface area (Å²) in [4.78, 5) is 13.3. The van der Waals surface area contributed by atoms with Gasteiger partial charge in [-0.25, -0.2) is 0 Å². The van der Waals surface area contributed by atoms with Gasteiger partial charge in [0.15, 0.2) is 0 Å². The van der Waals surface area contributed by atoms with Crippen LogP contribution in [0.5, 0.6) is 0 Å². The third-order valence-electron chi connectivity index (χ3n) is 2.41. The van der Waals surface area contributed by atoms with Gasteiger partial charge >= 0.3 is 0 Å². The van der Waals surface area contributed by atoms with Crippen molar-refractivity contribution in [2.24, 2.45) is 5.92 Å². The number of carbonyl (C=O) groups is 1. The van der Waals surface area contributed by atoms with Crippen molar-refractivity contribution in [2.45, 2.75) is 13.8 Å². The van der Waals surface area contributed by atoms with E-state index in [9.17, 15) is 4.79 Å². The van der Waals surface area contributed by atoms with E-state index in [1.54, 1.807) is 26.2 Å². The smallest absolute Gasteiger partial charge is 0.253 e. The van der Waals surface area contributed by atoms with Gasteiger partial charge in [0.05, 0.1) is 11.4 Å². The Kier molecular flexibility index (Phi) is 4.37. The molecule has 0 heterocycles. The van der Waals surface area contributed by atoms with Gasteiger partial charge in [-0.1, -0.05) is 13.8 Å². The second-order valence-electron chi connectivity index (χ2n) is 4.78. The second kappa shape index (κ2) is 5.57. The Hall–Kier alpha value is -1.71. The molecular formula is C13H21N3O. The zero-order chi connectivity index (χ0) is 13.0. The van der Waals surface area contributed by atoms with Gasteiger partial charge in [-0.3, -0.25) is 4.79 Å². The average Bonchev–Trinajstić information content (AvgIpc) is 2.26. The summed E-state index contributed by atoms with van der Waals surface area (Å²) in [6.07, 6.45) is 0. The van der Waals surface area contributed by atoms with Gasteiger partial charge in [0, 0.05) is 26.2 Å². The molecule has 0 radical (unpaired) electrons. The summed E-state index contributed by atoms with van der Waals surface area (Å²) >= 11 is 0. The molecule has 0 unspecified atom stereocenters. The van der Waals surface area contributed by atoms with Crippen molar-refractivity contribution in [1.29, 1.82) is 0 Å². The van der Waals surface area contributed by atoms with Crippen LogP contribution in [0.15, 0.2) is 18.2 Å². The molecule has 0 fully saturated rings. The monoisotopic (exact) mass is 235 g/mol. The maximum Gasteiger partial charge on any atom is 0.253 e. The van der Waals surface area contributed by atoms with E-state index in [-0.39, 0.29) is 5.91 Å². The van der Waals surface area contributed by atoms with Gasteiger partial charge in [-0.15, -0.1) is 0 Å². The summed E-state index contributed by atoms with van der Waals surface area (Å²) < 4.78 is 0. The molecule has 0 aliphatic rings. The lowest BCUT2D eigenvalue weighted by molar-refractivity contribution is 0.0827. The summed E-state index contributed by atoms with van der Waals surface area (Å²) in [6.45, 7) is 5.13. The van der Waals surface area contributed by atoms with Crippen molar-refractivity contribution >= 4 is 17.3 Å². The van der Waals surface area contributed by atoms with Gasteiger partial charge in [-0.2, -0.15) is 0 Å². The molecule has 17 heavy (non-hydrogen) atoms. The number of amides is 1. The van der Waals surface area contributed by atoms with Crippen LogP contribution in [0.1, 0.15) is 24.2 Å². The third-order valence-corrected chi connectivity index (χ3v) is 2.41. The number of nitrogen functional groups attached to an aromatic ring is 1. The number of benzene rings is 1. The molecule has 0 bridgehead atoms. The van der Waals surface area contributed by atoms with E-state index in [0.717, 1.165) is 12.2 Å². The average molecular weight is 235 g/mol. The minimum absolute atomic E-state index is 0.0351. The molecule has 1 amide bonds. The maximum atomic E-state index is 11.7. The summed E-state index contributed by atoms with van der Waals surface area (Å²) in [5.74, 6) is 0.518. The minimum Gasteiger partial charge on any atom is -0.397 e. The predicted molar refractivity (Wildman–Crippen MR) is 72.2 cm³/mol. The molecule has 1 rings (SSSR count). The summed E-state index contributed by atoms with van der Waals surface area (Å²) in [6, 6.07) is 5.36. The van der Waals surface area contributed by atoms with E-state index in [2.05, 4.69) is 19.2 Å². The topological polar surface area (TPSA) is 58.4 Å². The van der Waals surface area contributed by atoms with Crippen molar-refractivity contribution in [3.63, 3.8) is 0 Å². The number of hydrogen-bond donors (Lipinski definition) is 2. The number of hydrogen-bond acceptors (Lipinski definition) is 3. The second-order valence-corrected chi connectivity index (χ2v) is 4.78. The molecule has 0 atom stereocenters. The van der Waals surface area contributed by atoms with Crippen LogP contribution in [-0.2, 0) is 0 Å². The zero-order valence-electron chi connectivity index (χ0n) is 10.9. The number of nitrogens with two attached hydrogens (primary N) is 1. The number of anilines is 2. The fourth-order valence-electron chi connectivity index (χ4n) is 1.43. The molecule has 0 aliphatic carbocycles. The first-order valence-corrected chi connectivity index (χ1v) is 5.77. The van der Waals surface area contributed by atoms with E-state index in [1.165, 1.54) is 4.90 Å². The highest BCUT2D eigenvalue weighted by molar-refractivity contribution is 5.95. The minimum atomic E-state index is -0.0351. The number of carbonyl (C=O) groups excluding carboxylic acids is 1. The van der Waals surface area contributed by atoms with Gasteiger partial charge in [-0.05, 0) is 24.1 Å². The fraction of sp³-hybridized carbons (Fsp3) is 0.462. The quantitative estimate of drug-likeness (QED) is 0.785. The Morgan fingerprint density at radius 1 is 1.41 bits per heavy atom.